The molecule has 1 heterocycles. The van der Waals surface area contributed by atoms with Crippen molar-refractivity contribution in [3.63, 3.8) is 0 Å². The number of amides is 1. The van der Waals surface area contributed by atoms with Crippen LogP contribution in [0.15, 0.2) is 71.6 Å². The van der Waals surface area contributed by atoms with Crippen molar-refractivity contribution in [2.75, 3.05) is 52.9 Å². The number of esters is 1. The van der Waals surface area contributed by atoms with E-state index in [-0.39, 0.29) is 5.91 Å². The Bertz CT molecular complexity index is 1290. The third-order valence-corrected chi connectivity index (χ3v) is 8.20. The van der Waals surface area contributed by atoms with Crippen molar-refractivity contribution < 1.29 is 28.5 Å². The minimum Gasteiger partial charge on any atom is -0.497 e. The van der Waals surface area contributed by atoms with E-state index in [1.54, 1.807) is 26.2 Å². The highest BCUT2D eigenvalue weighted by Gasteiger charge is 2.40. The van der Waals surface area contributed by atoms with Crippen molar-refractivity contribution in [1.82, 2.24) is 4.90 Å². The number of thioether (sulfide) groups is 1. The van der Waals surface area contributed by atoms with E-state index < -0.39 is 17.3 Å². The summed E-state index contributed by atoms with van der Waals surface area (Å²) >= 11 is 1.53. The fraction of sp³-hybridized carbons (Fsp3) is 0.355. The van der Waals surface area contributed by atoms with E-state index in [1.807, 2.05) is 73.8 Å². The van der Waals surface area contributed by atoms with Gasteiger partial charge in [-0.1, -0.05) is 24.3 Å². The van der Waals surface area contributed by atoms with E-state index in [4.69, 9.17) is 18.9 Å². The Labute approximate surface area is 240 Å². The summed E-state index contributed by atoms with van der Waals surface area (Å²) in [5, 5.41) is -0.408. The van der Waals surface area contributed by atoms with Gasteiger partial charge < -0.3 is 28.7 Å². The number of ether oxygens (including phenoxy) is 4. The zero-order chi connectivity index (χ0) is 28.6. The number of fused-ring (bicyclic) bond motifs is 1. The molecule has 3 aromatic rings. The van der Waals surface area contributed by atoms with Crippen LogP contribution in [0.5, 0.6) is 17.2 Å². The number of para-hydroxylation sites is 1. The highest BCUT2D eigenvalue weighted by Crippen LogP contribution is 2.46. The second kappa shape index (κ2) is 13.6. The van der Waals surface area contributed by atoms with Crippen LogP contribution in [0.25, 0.3) is 0 Å². The summed E-state index contributed by atoms with van der Waals surface area (Å²) in [6.45, 7) is 3.19. The van der Waals surface area contributed by atoms with Gasteiger partial charge in [0.25, 0.3) is 5.91 Å². The zero-order valence-electron chi connectivity index (χ0n) is 23.6. The molecule has 40 heavy (non-hydrogen) atoms. The summed E-state index contributed by atoms with van der Waals surface area (Å²) in [7, 11) is 6.92. The van der Waals surface area contributed by atoms with E-state index in [9.17, 15) is 9.59 Å². The Morgan fingerprint density at radius 3 is 2.17 bits per heavy atom. The molecule has 0 fully saturated rings. The summed E-state index contributed by atoms with van der Waals surface area (Å²) in [6.07, 6.45) is -0.182. The number of likely N-dealkylation sites (N-methyl/N-ethyl adjacent to an activating group) is 1. The normalized spacial score (nSPS) is 16.8. The van der Waals surface area contributed by atoms with E-state index in [0.717, 1.165) is 51.9 Å². The van der Waals surface area contributed by atoms with Gasteiger partial charge in [-0.25, -0.2) is 0 Å². The van der Waals surface area contributed by atoms with Gasteiger partial charge in [0.2, 0.25) is 0 Å². The lowest BCUT2D eigenvalue weighted by Gasteiger charge is -2.29. The van der Waals surface area contributed by atoms with Crippen LogP contribution in [0.3, 0.4) is 0 Å². The van der Waals surface area contributed by atoms with Crippen LogP contribution in [0.4, 0.5) is 5.69 Å². The molecule has 2 atom stereocenters. The second-order valence-corrected chi connectivity index (χ2v) is 10.8. The third-order valence-electron chi connectivity index (χ3n) is 6.83. The summed E-state index contributed by atoms with van der Waals surface area (Å²) in [6, 6.07) is 21.2. The summed E-state index contributed by atoms with van der Waals surface area (Å²) in [5.41, 5.74) is 2.80. The molecule has 0 aromatic heterocycles. The van der Waals surface area contributed by atoms with Crippen LogP contribution in [0.2, 0.25) is 0 Å². The number of carbonyl (C=O) groups is 2. The molecule has 0 unspecified atom stereocenters. The third kappa shape index (κ3) is 7.08. The largest absolute Gasteiger partial charge is 0.497 e. The van der Waals surface area contributed by atoms with Gasteiger partial charge in [-0.2, -0.15) is 0 Å². The quantitative estimate of drug-likeness (QED) is 0.301. The fourth-order valence-electron chi connectivity index (χ4n) is 4.65. The maximum atomic E-state index is 14.0. The van der Waals surface area contributed by atoms with Crippen LogP contribution in [0, 0.1) is 0 Å². The minimum atomic E-state index is -0.974. The number of methoxy groups -OCH3 is 3. The van der Waals surface area contributed by atoms with E-state index in [2.05, 4.69) is 4.90 Å². The van der Waals surface area contributed by atoms with Crippen LogP contribution < -0.4 is 19.1 Å². The number of hydrogen-bond donors (Lipinski definition) is 0. The molecule has 0 N–H and O–H groups in total. The molecule has 1 aliphatic rings. The maximum absolute atomic E-state index is 14.0. The lowest BCUT2D eigenvalue weighted by Crippen LogP contribution is -2.45. The molecule has 0 bridgehead atoms. The molecule has 0 saturated heterocycles. The topological polar surface area (TPSA) is 77.5 Å². The van der Waals surface area contributed by atoms with Crippen molar-refractivity contribution >= 4 is 29.3 Å². The summed E-state index contributed by atoms with van der Waals surface area (Å²) in [5.74, 6) is 1.50. The first-order valence-corrected chi connectivity index (χ1v) is 14.0. The number of nitrogens with zero attached hydrogens (tertiary/aromatic N) is 2. The molecule has 0 aliphatic carbocycles. The lowest BCUT2D eigenvalue weighted by molar-refractivity contribution is -0.152. The Kier molecular flexibility index (Phi) is 9.95. The van der Waals surface area contributed by atoms with Gasteiger partial charge >= 0.3 is 5.97 Å². The molecule has 0 saturated carbocycles. The molecule has 9 heteroatoms. The number of anilines is 1. The van der Waals surface area contributed by atoms with Crippen LogP contribution in [-0.4, -0.2) is 70.9 Å². The summed E-state index contributed by atoms with van der Waals surface area (Å²) < 4.78 is 21.8. The van der Waals surface area contributed by atoms with Gasteiger partial charge in [0.05, 0.1) is 32.3 Å². The molecular weight excluding hydrogens is 528 g/mol. The lowest BCUT2D eigenvalue weighted by atomic mass is 10.1. The first-order valence-electron chi connectivity index (χ1n) is 13.1. The van der Waals surface area contributed by atoms with Crippen LogP contribution in [-0.2, 0) is 20.7 Å². The van der Waals surface area contributed by atoms with Crippen molar-refractivity contribution in [2.45, 2.75) is 29.6 Å². The first-order chi connectivity index (χ1) is 19.3. The second-order valence-electron chi connectivity index (χ2n) is 9.57. The highest BCUT2D eigenvalue weighted by atomic mass is 32.2. The predicted molar refractivity (Wildman–Crippen MR) is 157 cm³/mol. The molecule has 1 aliphatic heterocycles. The summed E-state index contributed by atoms with van der Waals surface area (Å²) in [4.78, 5) is 31.1. The zero-order valence-corrected chi connectivity index (χ0v) is 24.4. The van der Waals surface area contributed by atoms with E-state index in [0.29, 0.717) is 13.1 Å². The predicted octanol–water partition coefficient (Wildman–Crippen LogP) is 5.00. The van der Waals surface area contributed by atoms with Gasteiger partial charge in [0.1, 0.15) is 17.2 Å². The molecule has 1 amide bonds. The number of benzene rings is 3. The molecule has 0 radical (unpaired) electrons. The fourth-order valence-corrected chi connectivity index (χ4v) is 5.97. The molecule has 212 valence electrons. The van der Waals surface area contributed by atoms with Gasteiger partial charge in [-0.05, 0) is 61.0 Å². The van der Waals surface area contributed by atoms with Gasteiger partial charge in [-0.15, -0.1) is 11.8 Å². The average molecular weight is 565 g/mol. The van der Waals surface area contributed by atoms with Gasteiger partial charge in [0, 0.05) is 37.5 Å². The smallest absolute Gasteiger partial charge is 0.303 e. The molecule has 3 aromatic carbocycles. The van der Waals surface area contributed by atoms with Crippen LogP contribution >= 0.6 is 11.8 Å². The van der Waals surface area contributed by atoms with Crippen molar-refractivity contribution in [3.05, 3.63) is 77.9 Å². The Hall–Kier alpha value is -3.69. The van der Waals surface area contributed by atoms with Crippen molar-refractivity contribution in [1.29, 1.82) is 0 Å². The Morgan fingerprint density at radius 1 is 0.900 bits per heavy atom. The SMILES string of the molecule is COc1ccc([C@H]2Sc3ccccc3N(CCN(C)CCc3cc(OC)cc(OC)c3)C(=O)[C@H]2OC(C)=O)cc1. The van der Waals surface area contributed by atoms with E-state index >= 15 is 0 Å². The molecular formula is C31H36N2O6S. The number of carbonyl (C=O) groups excluding carboxylic acids is 2. The monoisotopic (exact) mass is 564 g/mol. The van der Waals surface area contributed by atoms with Crippen LogP contribution in [0.1, 0.15) is 23.3 Å². The molecule has 0 spiro atoms. The maximum Gasteiger partial charge on any atom is 0.303 e. The van der Waals surface area contributed by atoms with Crippen molar-refractivity contribution in [3.8, 4) is 17.2 Å². The number of hydrogen-bond acceptors (Lipinski definition) is 8. The van der Waals surface area contributed by atoms with Gasteiger partial charge in [0.15, 0.2) is 6.10 Å². The van der Waals surface area contributed by atoms with Gasteiger partial charge in [-0.3, -0.25) is 9.59 Å². The van der Waals surface area contributed by atoms with E-state index in [1.165, 1.54) is 18.7 Å². The Morgan fingerprint density at radius 2 is 1.55 bits per heavy atom. The first kappa shape index (κ1) is 29.3. The highest BCUT2D eigenvalue weighted by molar-refractivity contribution is 7.99. The molecule has 4 rings (SSSR count). The number of rotatable bonds is 11. The molecule has 8 nitrogen and oxygen atoms in total. The standard InChI is InChI=1S/C31H36N2O6S/c1-21(34)39-29-30(23-10-12-24(36-3)13-11-23)40-28-9-7-6-8-27(28)33(31(29)35)17-16-32(2)15-14-22-18-25(37-4)20-26(19-22)38-5/h6-13,18-20,29-30H,14-17H2,1-5H3/t29-,30+/m0/s1. The average Bonchev–Trinajstić information content (AvgIpc) is 3.08. The Balaban J connectivity index is 1.54. The van der Waals surface area contributed by atoms with Crippen molar-refractivity contribution in [2.24, 2.45) is 0 Å². The minimum absolute atomic E-state index is 0.237.